The molecule has 0 spiro atoms. The summed E-state index contributed by atoms with van der Waals surface area (Å²) in [6, 6.07) is 10.8. The molecule has 0 atom stereocenters. The van der Waals surface area contributed by atoms with E-state index in [0.29, 0.717) is 17.0 Å². The Kier molecular flexibility index (Phi) is 4.84. The van der Waals surface area contributed by atoms with Gasteiger partial charge in [0.05, 0.1) is 22.5 Å². The van der Waals surface area contributed by atoms with Crippen molar-refractivity contribution in [1.82, 2.24) is 14.3 Å². The Balaban J connectivity index is 1.54. The van der Waals surface area contributed by atoms with Crippen molar-refractivity contribution >= 4 is 20.9 Å². The van der Waals surface area contributed by atoms with Crippen LogP contribution < -0.4 is 4.72 Å². The van der Waals surface area contributed by atoms with Crippen LogP contribution in [0.1, 0.15) is 49.3 Å². The molecule has 2 aromatic heterocycles. The zero-order valence-electron chi connectivity index (χ0n) is 17.5. The van der Waals surface area contributed by atoms with Gasteiger partial charge in [0.2, 0.25) is 10.0 Å². The van der Waals surface area contributed by atoms with Crippen molar-refractivity contribution in [3.8, 4) is 17.5 Å². The van der Waals surface area contributed by atoms with Crippen LogP contribution in [-0.4, -0.2) is 29.9 Å². The smallest absolute Gasteiger partial charge is 0.251 e. The molecule has 0 unspecified atom stereocenters. The second-order valence-electron chi connectivity index (χ2n) is 8.77. The van der Waals surface area contributed by atoms with Crippen LogP contribution in [0.3, 0.4) is 0 Å². The number of nitrogens with zero attached hydrogens (tertiary/aromatic N) is 3. The molecule has 1 aromatic carbocycles. The molecule has 2 saturated carbocycles. The van der Waals surface area contributed by atoms with E-state index in [9.17, 15) is 22.5 Å². The van der Waals surface area contributed by atoms with Gasteiger partial charge in [-0.25, -0.2) is 21.9 Å². The normalized spacial score (nSPS) is 18.8. The van der Waals surface area contributed by atoms with Crippen LogP contribution in [0, 0.1) is 18.3 Å². The molecular weight excluding hydrogens is 434 g/mol. The van der Waals surface area contributed by atoms with Gasteiger partial charge in [-0.3, -0.25) is 4.98 Å². The molecule has 2 heterocycles. The van der Waals surface area contributed by atoms with Crippen molar-refractivity contribution in [2.75, 3.05) is 0 Å². The number of fused-ring (bicyclic) bond motifs is 1. The molecule has 6 nitrogen and oxygen atoms in total. The van der Waals surface area contributed by atoms with Gasteiger partial charge in [-0.2, -0.15) is 5.26 Å². The first kappa shape index (κ1) is 21.0. The summed E-state index contributed by atoms with van der Waals surface area (Å²) in [5.74, 6) is -2.81. The Morgan fingerprint density at radius 2 is 1.97 bits per heavy atom. The fourth-order valence-corrected chi connectivity index (χ4v) is 5.70. The highest BCUT2D eigenvalue weighted by atomic mass is 32.2. The predicted octanol–water partition coefficient (Wildman–Crippen LogP) is 4.68. The standard InChI is InChI=1S/C23H22F2N4O2S/c1-14-5-7-18-19(12-26)22(29(21(18)9-14)16-3-2-4-16)20-8-6-17(13-27-20)32(30,31)28-15-10-23(24,25)11-15/h5-9,13,15-16,28H,2-4,10-11H2,1H3. The van der Waals surface area contributed by atoms with Gasteiger partial charge < -0.3 is 4.57 Å². The number of halogens is 2. The minimum absolute atomic E-state index is 0.0860. The van der Waals surface area contributed by atoms with E-state index in [0.717, 1.165) is 35.7 Å². The molecule has 0 saturated heterocycles. The van der Waals surface area contributed by atoms with E-state index in [2.05, 4.69) is 26.4 Å². The van der Waals surface area contributed by atoms with Crippen LogP contribution in [0.5, 0.6) is 0 Å². The minimum Gasteiger partial charge on any atom is -0.335 e. The van der Waals surface area contributed by atoms with E-state index in [1.54, 1.807) is 6.07 Å². The number of rotatable bonds is 5. The van der Waals surface area contributed by atoms with E-state index in [-0.39, 0.29) is 10.9 Å². The molecule has 0 bridgehead atoms. The highest BCUT2D eigenvalue weighted by Gasteiger charge is 2.46. The number of nitrogens with one attached hydrogen (secondary N) is 1. The van der Waals surface area contributed by atoms with Gasteiger partial charge in [0.25, 0.3) is 5.92 Å². The highest BCUT2D eigenvalue weighted by Crippen LogP contribution is 2.42. The molecular formula is C23H22F2N4O2S. The van der Waals surface area contributed by atoms with Crippen LogP contribution in [0.25, 0.3) is 22.3 Å². The number of benzene rings is 1. The topological polar surface area (TPSA) is 87.8 Å². The number of hydrogen-bond donors (Lipinski definition) is 1. The average molecular weight is 457 g/mol. The lowest BCUT2D eigenvalue weighted by atomic mass is 9.89. The third-order valence-corrected chi connectivity index (χ3v) is 7.92. The quantitative estimate of drug-likeness (QED) is 0.604. The maximum Gasteiger partial charge on any atom is 0.251 e. The number of aryl methyl sites for hydroxylation is 1. The summed E-state index contributed by atoms with van der Waals surface area (Å²) in [4.78, 5) is 4.30. The van der Waals surface area contributed by atoms with E-state index in [1.165, 1.54) is 12.3 Å². The van der Waals surface area contributed by atoms with E-state index in [4.69, 9.17) is 0 Å². The van der Waals surface area contributed by atoms with Crippen molar-refractivity contribution in [2.45, 2.75) is 61.9 Å². The summed E-state index contributed by atoms with van der Waals surface area (Å²) in [7, 11) is -3.95. The second kappa shape index (κ2) is 7.36. The molecule has 9 heteroatoms. The lowest BCUT2D eigenvalue weighted by Crippen LogP contribution is -2.50. The molecule has 0 aliphatic heterocycles. The zero-order valence-corrected chi connectivity index (χ0v) is 18.3. The molecule has 2 aliphatic carbocycles. The van der Waals surface area contributed by atoms with Crippen LogP contribution in [-0.2, 0) is 10.0 Å². The van der Waals surface area contributed by atoms with Gasteiger partial charge in [0.1, 0.15) is 11.0 Å². The maximum absolute atomic E-state index is 13.1. The van der Waals surface area contributed by atoms with E-state index >= 15 is 0 Å². The summed E-state index contributed by atoms with van der Waals surface area (Å²) < 4.78 is 55.7. The highest BCUT2D eigenvalue weighted by molar-refractivity contribution is 7.89. The summed E-state index contributed by atoms with van der Waals surface area (Å²) >= 11 is 0. The molecule has 2 aliphatic rings. The largest absolute Gasteiger partial charge is 0.335 e. The number of nitriles is 1. The molecule has 5 rings (SSSR count). The van der Waals surface area contributed by atoms with E-state index in [1.807, 2.05) is 19.1 Å². The summed E-state index contributed by atoms with van der Waals surface area (Å²) in [6.07, 6.45) is 3.38. The Morgan fingerprint density at radius 1 is 1.22 bits per heavy atom. The van der Waals surface area contributed by atoms with Gasteiger partial charge in [-0.15, -0.1) is 0 Å². The Morgan fingerprint density at radius 3 is 2.53 bits per heavy atom. The first-order valence-corrected chi connectivity index (χ1v) is 12.1. The molecule has 0 radical (unpaired) electrons. The number of aromatic nitrogens is 2. The average Bonchev–Trinajstić information content (AvgIpc) is 2.98. The van der Waals surface area contributed by atoms with Crippen LogP contribution in [0.15, 0.2) is 41.4 Å². The Labute approximate surface area is 184 Å². The van der Waals surface area contributed by atoms with Gasteiger partial charge >= 0.3 is 0 Å². The predicted molar refractivity (Wildman–Crippen MR) is 116 cm³/mol. The third kappa shape index (κ3) is 3.48. The van der Waals surface area contributed by atoms with Crippen molar-refractivity contribution in [2.24, 2.45) is 0 Å². The van der Waals surface area contributed by atoms with Crippen LogP contribution in [0.4, 0.5) is 8.78 Å². The van der Waals surface area contributed by atoms with Crippen molar-refractivity contribution in [3.05, 3.63) is 47.7 Å². The van der Waals surface area contributed by atoms with Crippen LogP contribution in [0.2, 0.25) is 0 Å². The molecule has 2 fully saturated rings. The Bertz CT molecular complexity index is 1350. The van der Waals surface area contributed by atoms with Gasteiger partial charge in [0, 0.05) is 36.5 Å². The maximum atomic E-state index is 13.1. The second-order valence-corrected chi connectivity index (χ2v) is 10.5. The Hall–Kier alpha value is -2.83. The van der Waals surface area contributed by atoms with Crippen LogP contribution >= 0.6 is 0 Å². The van der Waals surface area contributed by atoms with Gasteiger partial charge in [0.15, 0.2) is 0 Å². The first-order chi connectivity index (χ1) is 15.2. The molecule has 32 heavy (non-hydrogen) atoms. The fourth-order valence-electron chi connectivity index (χ4n) is 4.52. The zero-order chi connectivity index (χ0) is 22.7. The summed E-state index contributed by atoms with van der Waals surface area (Å²) in [5.41, 5.74) is 3.79. The number of sulfonamides is 1. The van der Waals surface area contributed by atoms with Crippen molar-refractivity contribution in [1.29, 1.82) is 5.26 Å². The van der Waals surface area contributed by atoms with E-state index < -0.39 is 34.8 Å². The third-order valence-electron chi connectivity index (χ3n) is 6.41. The SMILES string of the molecule is Cc1ccc2c(C#N)c(-c3ccc(S(=O)(=O)NC4CC(F)(F)C4)cn3)n(C3CCC3)c2c1. The van der Waals surface area contributed by atoms with Crippen molar-refractivity contribution < 1.29 is 17.2 Å². The molecule has 166 valence electrons. The minimum atomic E-state index is -3.95. The number of pyridine rings is 1. The monoisotopic (exact) mass is 456 g/mol. The lowest BCUT2D eigenvalue weighted by Gasteiger charge is -2.34. The lowest BCUT2D eigenvalue weighted by molar-refractivity contribution is -0.0876. The summed E-state index contributed by atoms with van der Waals surface area (Å²) in [5, 5.41) is 10.8. The van der Waals surface area contributed by atoms with Crippen molar-refractivity contribution in [3.63, 3.8) is 0 Å². The number of hydrogen-bond acceptors (Lipinski definition) is 4. The number of alkyl halides is 2. The fraction of sp³-hybridized carbons (Fsp3) is 0.391. The molecule has 1 N–H and O–H groups in total. The first-order valence-electron chi connectivity index (χ1n) is 10.6. The molecule has 0 amide bonds. The summed E-state index contributed by atoms with van der Waals surface area (Å²) in [6.45, 7) is 2.01. The molecule has 3 aromatic rings. The van der Waals surface area contributed by atoms with Gasteiger partial charge in [-0.1, -0.05) is 12.1 Å². The van der Waals surface area contributed by atoms with Gasteiger partial charge in [-0.05, 0) is 49.9 Å².